The first-order valence-corrected chi connectivity index (χ1v) is 5.58. The van der Waals surface area contributed by atoms with Gasteiger partial charge in [-0.2, -0.15) is 0 Å². The van der Waals surface area contributed by atoms with Gasteiger partial charge in [-0.15, -0.1) is 0 Å². The predicted octanol–water partition coefficient (Wildman–Crippen LogP) is 1.79. The zero-order valence-corrected chi connectivity index (χ0v) is 10.0. The second-order valence-electron chi connectivity index (χ2n) is 4.00. The van der Waals surface area contributed by atoms with Gasteiger partial charge in [0.2, 0.25) is 0 Å². The summed E-state index contributed by atoms with van der Waals surface area (Å²) >= 11 is 0. The average Bonchev–Trinajstić information content (AvgIpc) is 2.56. The fourth-order valence-electron chi connectivity index (χ4n) is 1.42. The van der Waals surface area contributed by atoms with Crippen LogP contribution in [-0.2, 0) is 0 Å². The highest BCUT2D eigenvalue weighted by Gasteiger charge is 2.13. The summed E-state index contributed by atoms with van der Waals surface area (Å²) in [4.78, 5) is 11.6. The third kappa shape index (κ3) is 3.38. The molecule has 1 rings (SSSR count). The van der Waals surface area contributed by atoms with Crippen LogP contribution in [-0.4, -0.2) is 23.7 Å². The highest BCUT2D eigenvalue weighted by molar-refractivity contribution is 5.91. The van der Waals surface area contributed by atoms with Crippen LogP contribution in [0.2, 0.25) is 0 Å². The first kappa shape index (κ1) is 12.8. The fourth-order valence-corrected chi connectivity index (χ4v) is 1.42. The molecule has 90 valence electrons. The number of furan rings is 1. The summed E-state index contributed by atoms with van der Waals surface area (Å²) in [5.41, 5.74) is 0.958. The molecule has 0 aliphatic carbocycles. The number of nitrogens with one attached hydrogen (secondary N) is 1. The molecule has 0 fully saturated rings. The molecule has 2 N–H and O–H groups in total. The third-order valence-corrected chi connectivity index (χ3v) is 2.51. The van der Waals surface area contributed by atoms with Crippen LogP contribution in [0, 0.1) is 13.8 Å². The first-order valence-electron chi connectivity index (χ1n) is 5.58. The summed E-state index contributed by atoms with van der Waals surface area (Å²) in [6.45, 7) is 5.97. The Labute approximate surface area is 95.7 Å². The van der Waals surface area contributed by atoms with E-state index in [2.05, 4.69) is 5.32 Å². The fraction of sp³-hybridized carbons (Fsp3) is 0.583. The van der Waals surface area contributed by atoms with Gasteiger partial charge in [-0.1, -0.05) is 13.3 Å². The summed E-state index contributed by atoms with van der Waals surface area (Å²) in [5, 5.41) is 12.1. The van der Waals surface area contributed by atoms with Crippen molar-refractivity contribution in [3.63, 3.8) is 0 Å². The molecule has 1 amide bonds. The number of aliphatic hydroxyl groups is 1. The molecule has 0 aliphatic heterocycles. The zero-order valence-electron chi connectivity index (χ0n) is 10.0. The lowest BCUT2D eigenvalue weighted by Crippen LogP contribution is -2.31. The van der Waals surface area contributed by atoms with Crippen LogP contribution >= 0.6 is 0 Å². The van der Waals surface area contributed by atoms with E-state index in [1.54, 1.807) is 6.07 Å². The van der Waals surface area contributed by atoms with Gasteiger partial charge >= 0.3 is 0 Å². The zero-order chi connectivity index (χ0) is 12.1. The van der Waals surface area contributed by atoms with E-state index < -0.39 is 6.10 Å². The maximum absolute atomic E-state index is 11.6. The van der Waals surface area contributed by atoms with Gasteiger partial charge in [0.05, 0.1) is 6.10 Å². The SMILES string of the molecule is CCCC(O)CNC(=O)c1cc(C)c(C)o1. The Morgan fingerprint density at radius 2 is 2.25 bits per heavy atom. The minimum atomic E-state index is -0.480. The summed E-state index contributed by atoms with van der Waals surface area (Å²) in [5.74, 6) is 0.782. The number of carbonyl (C=O) groups excluding carboxylic acids is 1. The van der Waals surface area contributed by atoms with Gasteiger partial charge in [0, 0.05) is 6.54 Å². The predicted molar refractivity (Wildman–Crippen MR) is 61.4 cm³/mol. The molecule has 0 bridgehead atoms. The van der Waals surface area contributed by atoms with Crippen molar-refractivity contribution in [1.82, 2.24) is 5.32 Å². The molecule has 16 heavy (non-hydrogen) atoms. The van der Waals surface area contributed by atoms with Gasteiger partial charge in [0.1, 0.15) is 5.76 Å². The molecule has 0 spiro atoms. The number of amides is 1. The van der Waals surface area contributed by atoms with Crippen LogP contribution in [0.5, 0.6) is 0 Å². The first-order chi connectivity index (χ1) is 7.54. The van der Waals surface area contributed by atoms with Crippen molar-refractivity contribution in [3.8, 4) is 0 Å². The van der Waals surface area contributed by atoms with Gasteiger partial charge < -0.3 is 14.8 Å². The number of hydrogen-bond acceptors (Lipinski definition) is 3. The van der Waals surface area contributed by atoms with E-state index in [0.29, 0.717) is 12.2 Å². The van der Waals surface area contributed by atoms with Crippen molar-refractivity contribution in [2.75, 3.05) is 6.54 Å². The van der Waals surface area contributed by atoms with Crippen LogP contribution in [0.25, 0.3) is 0 Å². The number of aryl methyl sites for hydroxylation is 2. The standard InChI is InChI=1S/C12H19NO3/c1-4-5-10(14)7-13-12(15)11-6-8(2)9(3)16-11/h6,10,14H,4-5,7H2,1-3H3,(H,13,15). The van der Waals surface area contributed by atoms with Gasteiger partial charge in [-0.3, -0.25) is 4.79 Å². The molecular formula is C12H19NO3. The molecule has 0 saturated carbocycles. The van der Waals surface area contributed by atoms with Crippen molar-refractivity contribution < 1.29 is 14.3 Å². The number of aliphatic hydroxyl groups excluding tert-OH is 1. The number of hydrogen-bond donors (Lipinski definition) is 2. The summed E-state index contributed by atoms with van der Waals surface area (Å²) in [6, 6.07) is 1.71. The van der Waals surface area contributed by atoms with E-state index >= 15 is 0 Å². The van der Waals surface area contributed by atoms with Crippen molar-refractivity contribution >= 4 is 5.91 Å². The summed E-state index contributed by atoms with van der Waals surface area (Å²) < 4.78 is 5.27. The Hall–Kier alpha value is -1.29. The normalized spacial score (nSPS) is 12.5. The van der Waals surface area contributed by atoms with Crippen molar-refractivity contribution in [1.29, 1.82) is 0 Å². The van der Waals surface area contributed by atoms with Gasteiger partial charge in [-0.05, 0) is 31.9 Å². The van der Waals surface area contributed by atoms with Crippen LogP contribution in [0.4, 0.5) is 0 Å². The summed E-state index contributed by atoms with van der Waals surface area (Å²) in [6.07, 6.45) is 1.11. The van der Waals surface area contributed by atoms with Crippen molar-refractivity contribution in [3.05, 3.63) is 23.2 Å². The maximum Gasteiger partial charge on any atom is 0.287 e. The molecule has 0 aliphatic rings. The van der Waals surface area contributed by atoms with Gasteiger partial charge in [-0.25, -0.2) is 0 Å². The quantitative estimate of drug-likeness (QED) is 0.803. The second-order valence-corrected chi connectivity index (χ2v) is 4.00. The molecule has 4 heteroatoms. The highest BCUT2D eigenvalue weighted by Crippen LogP contribution is 2.12. The minimum Gasteiger partial charge on any atom is -0.456 e. The lowest BCUT2D eigenvalue weighted by Gasteiger charge is -2.09. The van der Waals surface area contributed by atoms with Gasteiger partial charge in [0.15, 0.2) is 5.76 Å². The highest BCUT2D eigenvalue weighted by atomic mass is 16.3. The Bertz CT molecular complexity index is 338. The third-order valence-electron chi connectivity index (χ3n) is 2.51. The van der Waals surface area contributed by atoms with Gasteiger partial charge in [0.25, 0.3) is 5.91 Å². The Morgan fingerprint density at radius 1 is 1.56 bits per heavy atom. The molecular weight excluding hydrogens is 206 g/mol. The van der Waals surface area contributed by atoms with Crippen LogP contribution in [0.15, 0.2) is 10.5 Å². The largest absolute Gasteiger partial charge is 0.456 e. The molecule has 1 aromatic rings. The molecule has 0 radical (unpaired) electrons. The van der Waals surface area contributed by atoms with Crippen LogP contribution < -0.4 is 5.32 Å². The smallest absolute Gasteiger partial charge is 0.287 e. The molecule has 4 nitrogen and oxygen atoms in total. The molecule has 1 unspecified atom stereocenters. The van der Waals surface area contributed by atoms with E-state index in [9.17, 15) is 9.90 Å². The van der Waals surface area contributed by atoms with E-state index in [0.717, 1.165) is 17.7 Å². The number of rotatable bonds is 5. The minimum absolute atomic E-state index is 0.269. The lowest BCUT2D eigenvalue weighted by atomic mass is 10.2. The Balaban J connectivity index is 2.46. The lowest BCUT2D eigenvalue weighted by molar-refractivity contribution is 0.0882. The second kappa shape index (κ2) is 5.70. The summed E-state index contributed by atoms with van der Waals surface area (Å²) in [7, 11) is 0. The van der Waals surface area contributed by atoms with Crippen molar-refractivity contribution in [2.45, 2.75) is 39.7 Å². The van der Waals surface area contributed by atoms with E-state index in [-0.39, 0.29) is 12.5 Å². The monoisotopic (exact) mass is 225 g/mol. The molecule has 1 aromatic heterocycles. The van der Waals surface area contributed by atoms with E-state index in [4.69, 9.17) is 4.42 Å². The van der Waals surface area contributed by atoms with Crippen LogP contribution in [0.1, 0.15) is 41.6 Å². The Morgan fingerprint density at radius 3 is 2.75 bits per heavy atom. The van der Waals surface area contributed by atoms with Crippen molar-refractivity contribution in [2.24, 2.45) is 0 Å². The Kier molecular flexibility index (Phi) is 4.55. The van der Waals surface area contributed by atoms with E-state index in [1.165, 1.54) is 0 Å². The van der Waals surface area contributed by atoms with Crippen LogP contribution in [0.3, 0.4) is 0 Å². The number of carbonyl (C=O) groups is 1. The van der Waals surface area contributed by atoms with E-state index in [1.807, 2.05) is 20.8 Å². The molecule has 1 heterocycles. The molecule has 0 aromatic carbocycles. The topological polar surface area (TPSA) is 62.5 Å². The average molecular weight is 225 g/mol. The molecule has 0 saturated heterocycles. The maximum atomic E-state index is 11.6. The molecule has 1 atom stereocenters.